The van der Waals surface area contributed by atoms with E-state index in [1.54, 1.807) is 0 Å². The minimum atomic E-state index is -1.03. The molecule has 5 heteroatoms. The lowest BCUT2D eigenvalue weighted by Crippen LogP contribution is -2.15. The molecule has 0 spiro atoms. The predicted molar refractivity (Wildman–Crippen MR) is 32.8 cm³/mol. The molecule has 0 aromatic carbocycles. The van der Waals surface area contributed by atoms with Crippen molar-refractivity contribution in [2.45, 2.75) is 4.63 Å². The van der Waals surface area contributed by atoms with Gasteiger partial charge >= 0.3 is 0 Å². The molecule has 0 saturated carbocycles. The number of hydrogen-bond acceptors (Lipinski definition) is 4. The van der Waals surface area contributed by atoms with E-state index in [0.29, 0.717) is 6.47 Å². The highest BCUT2D eigenvalue weighted by Gasteiger charge is 2.26. The molecule has 1 aliphatic rings. The Balaban J connectivity index is 2.63. The summed E-state index contributed by atoms with van der Waals surface area (Å²) < 4.78 is 3.45. The fourth-order valence-corrected chi connectivity index (χ4v) is 0.687. The average molecular weight is 191 g/mol. The molecule has 0 radical (unpaired) electrons. The summed E-state index contributed by atoms with van der Waals surface area (Å²) in [5.74, 6) is 0. The topological polar surface area (TPSA) is 51.0 Å². The second-order valence-electron chi connectivity index (χ2n) is 1.35. The third-order valence-electron chi connectivity index (χ3n) is 0.754. The molecule has 0 aromatic rings. The molecule has 48 valence electrons. The van der Waals surface area contributed by atoms with Crippen molar-refractivity contribution in [2.75, 3.05) is 0 Å². The van der Waals surface area contributed by atoms with Gasteiger partial charge in [0.15, 0.2) is 0 Å². The number of carbonyl (C=O) groups excluding carboxylic acids is 1. The summed E-state index contributed by atoms with van der Waals surface area (Å²) in [6.07, 6.45) is 2.96. The van der Waals surface area contributed by atoms with E-state index < -0.39 is 4.63 Å². The van der Waals surface area contributed by atoms with Gasteiger partial charge in [-0.2, -0.15) is 5.11 Å². The van der Waals surface area contributed by atoms with Crippen molar-refractivity contribution in [3.8, 4) is 0 Å². The van der Waals surface area contributed by atoms with E-state index in [4.69, 9.17) is 0 Å². The Hall–Kier alpha value is -0.710. The van der Waals surface area contributed by atoms with Crippen LogP contribution in [0.15, 0.2) is 22.5 Å². The lowest BCUT2D eigenvalue weighted by atomic mass is 10.6. The van der Waals surface area contributed by atoms with Crippen molar-refractivity contribution in [2.24, 2.45) is 10.2 Å². The largest absolute Gasteiger partial charge is 0.423 e. The second-order valence-corrected chi connectivity index (χ2v) is 2.49. The van der Waals surface area contributed by atoms with Gasteiger partial charge in [0.05, 0.1) is 6.20 Å². The van der Waals surface area contributed by atoms with Crippen LogP contribution in [0.1, 0.15) is 0 Å². The summed E-state index contributed by atoms with van der Waals surface area (Å²) in [7, 11) is 0. The molecular weight excluding hydrogens is 188 g/mol. The second kappa shape index (κ2) is 2.26. The Morgan fingerprint density at radius 3 is 3.00 bits per heavy atom. The molecule has 1 aliphatic heterocycles. The standard InChI is InChI=1S/C4H3BrN2O2/c5-4(9-3-8)1-2-6-7-4/h1-3H. The number of hydrogen-bond donors (Lipinski definition) is 0. The highest BCUT2D eigenvalue weighted by molar-refractivity contribution is 9.10. The molecule has 9 heavy (non-hydrogen) atoms. The van der Waals surface area contributed by atoms with Gasteiger partial charge in [0.1, 0.15) is 0 Å². The monoisotopic (exact) mass is 190 g/mol. The maximum absolute atomic E-state index is 9.78. The fraction of sp³-hybridized carbons (Fsp3) is 0.250. The van der Waals surface area contributed by atoms with Crippen LogP contribution in [0.3, 0.4) is 0 Å². The third-order valence-corrected chi connectivity index (χ3v) is 1.36. The molecule has 0 N–H and O–H groups in total. The quantitative estimate of drug-likeness (QED) is 0.374. The van der Waals surface area contributed by atoms with Crippen LogP contribution < -0.4 is 0 Å². The molecular formula is C4H3BrN2O2. The molecule has 1 rings (SSSR count). The summed E-state index contributed by atoms with van der Waals surface area (Å²) in [5.41, 5.74) is 0. The van der Waals surface area contributed by atoms with Crippen LogP contribution in [-0.4, -0.2) is 11.1 Å². The van der Waals surface area contributed by atoms with Gasteiger partial charge in [-0.05, 0) is 15.9 Å². The van der Waals surface area contributed by atoms with E-state index >= 15 is 0 Å². The Labute approximate surface area is 59.7 Å². The number of alkyl halides is 1. The zero-order valence-electron chi connectivity index (χ0n) is 4.32. The predicted octanol–water partition coefficient (Wildman–Crippen LogP) is 1.19. The van der Waals surface area contributed by atoms with Crippen molar-refractivity contribution in [1.82, 2.24) is 0 Å². The van der Waals surface area contributed by atoms with Crippen LogP contribution in [0, 0.1) is 0 Å². The summed E-state index contributed by atoms with van der Waals surface area (Å²) in [6.45, 7) is 0.309. The average Bonchev–Trinajstić information content (AvgIpc) is 2.16. The first kappa shape index (κ1) is 6.41. The van der Waals surface area contributed by atoms with Gasteiger partial charge in [0.2, 0.25) is 0 Å². The molecule has 1 unspecified atom stereocenters. The zero-order valence-corrected chi connectivity index (χ0v) is 5.91. The van der Waals surface area contributed by atoms with E-state index in [-0.39, 0.29) is 0 Å². The number of halogens is 1. The molecule has 0 fully saturated rings. The Bertz CT molecular complexity index is 165. The van der Waals surface area contributed by atoms with Crippen molar-refractivity contribution < 1.29 is 9.53 Å². The van der Waals surface area contributed by atoms with Gasteiger partial charge in [-0.3, -0.25) is 4.79 Å². The van der Waals surface area contributed by atoms with Gasteiger partial charge < -0.3 is 4.74 Å². The Morgan fingerprint density at radius 1 is 1.78 bits per heavy atom. The first-order valence-corrected chi connectivity index (χ1v) is 2.96. The molecule has 0 aliphatic carbocycles. The van der Waals surface area contributed by atoms with E-state index in [1.165, 1.54) is 12.3 Å². The van der Waals surface area contributed by atoms with Gasteiger partial charge in [0.25, 0.3) is 11.1 Å². The Kier molecular flexibility index (Phi) is 1.61. The van der Waals surface area contributed by atoms with Crippen LogP contribution >= 0.6 is 15.9 Å². The summed E-state index contributed by atoms with van der Waals surface area (Å²) in [5, 5.41) is 7.00. The fourth-order valence-electron chi connectivity index (χ4n) is 0.401. The minimum absolute atomic E-state index is 0.309. The smallest absolute Gasteiger partial charge is 0.298 e. The molecule has 1 heterocycles. The van der Waals surface area contributed by atoms with Crippen molar-refractivity contribution in [3.63, 3.8) is 0 Å². The molecule has 0 aromatic heterocycles. The van der Waals surface area contributed by atoms with Crippen molar-refractivity contribution in [3.05, 3.63) is 12.3 Å². The SMILES string of the molecule is O=COC1(Br)C=CN=N1. The summed E-state index contributed by atoms with van der Waals surface area (Å²) >= 11 is 3.01. The zero-order chi connectivity index (χ0) is 6.74. The van der Waals surface area contributed by atoms with Crippen LogP contribution in [0.25, 0.3) is 0 Å². The molecule has 0 amide bonds. The van der Waals surface area contributed by atoms with E-state index in [1.807, 2.05) is 0 Å². The number of carbonyl (C=O) groups is 1. The van der Waals surface area contributed by atoms with E-state index in [9.17, 15) is 4.79 Å². The van der Waals surface area contributed by atoms with E-state index in [0.717, 1.165) is 0 Å². The normalized spacial score (nSPS) is 30.8. The first-order valence-electron chi connectivity index (χ1n) is 2.17. The highest BCUT2D eigenvalue weighted by atomic mass is 79.9. The summed E-state index contributed by atoms with van der Waals surface area (Å²) in [4.78, 5) is 9.78. The van der Waals surface area contributed by atoms with Crippen LogP contribution in [0.2, 0.25) is 0 Å². The van der Waals surface area contributed by atoms with Crippen LogP contribution in [-0.2, 0) is 9.53 Å². The van der Waals surface area contributed by atoms with Gasteiger partial charge in [-0.25, -0.2) is 0 Å². The van der Waals surface area contributed by atoms with E-state index in [2.05, 4.69) is 30.9 Å². The highest BCUT2D eigenvalue weighted by Crippen LogP contribution is 2.26. The number of ether oxygens (including phenoxy) is 1. The van der Waals surface area contributed by atoms with Gasteiger partial charge in [-0.15, -0.1) is 5.11 Å². The van der Waals surface area contributed by atoms with Gasteiger partial charge in [-0.1, -0.05) is 0 Å². The maximum atomic E-state index is 9.78. The summed E-state index contributed by atoms with van der Waals surface area (Å²) in [6, 6.07) is 0. The molecule has 0 saturated heterocycles. The van der Waals surface area contributed by atoms with Crippen LogP contribution in [0.4, 0.5) is 0 Å². The molecule has 0 bridgehead atoms. The molecule has 1 atom stereocenters. The van der Waals surface area contributed by atoms with Gasteiger partial charge in [0, 0.05) is 6.08 Å². The lowest BCUT2D eigenvalue weighted by Gasteiger charge is -2.09. The number of nitrogens with zero attached hydrogens (tertiary/aromatic N) is 2. The maximum Gasteiger partial charge on any atom is 0.298 e. The van der Waals surface area contributed by atoms with Crippen LogP contribution in [0.5, 0.6) is 0 Å². The Morgan fingerprint density at radius 2 is 2.56 bits per heavy atom. The van der Waals surface area contributed by atoms with Crippen molar-refractivity contribution in [1.29, 1.82) is 0 Å². The van der Waals surface area contributed by atoms with Crippen molar-refractivity contribution >= 4 is 22.4 Å². The minimum Gasteiger partial charge on any atom is -0.423 e. The first-order chi connectivity index (χ1) is 4.27. The lowest BCUT2D eigenvalue weighted by molar-refractivity contribution is -0.132. The third kappa shape index (κ3) is 1.35. The number of rotatable bonds is 2. The number of azo groups is 1. The molecule has 4 nitrogen and oxygen atoms in total.